The minimum Gasteiger partial charge on any atom is -0.356 e. The molecule has 0 N–H and O–H groups in total. The van der Waals surface area contributed by atoms with Gasteiger partial charge >= 0.3 is 25.8 Å². The van der Waals surface area contributed by atoms with Crippen LogP contribution in [0.3, 0.4) is 0 Å². The maximum absolute atomic E-state index is 8.25. The molecule has 0 aliphatic rings. The Morgan fingerprint density at radius 3 is 0.412 bits per heavy atom. The molecule has 0 amide bonds. The monoisotopic (exact) mass is 428 g/mol. The Hall–Kier alpha value is -2.33. The Labute approximate surface area is 108 Å². The Balaban J connectivity index is -0.0000000369. The molecule has 0 heterocycles. The van der Waals surface area contributed by atoms with Crippen LogP contribution >= 0.6 is 0 Å². The molecule has 0 rings (SSSR count). The van der Waals surface area contributed by atoms with Crippen LogP contribution in [-0.4, -0.2) is 20.3 Å². The summed E-state index contributed by atoms with van der Waals surface area (Å²) in [6.07, 6.45) is 0. The summed E-state index contributed by atoms with van der Waals surface area (Å²) in [5.74, 6) is 0. The molecule has 0 radical (unpaired) electrons. The fraction of sp³-hybridized carbons (Fsp3) is 0. The molecule has 0 atom stereocenters. The van der Waals surface area contributed by atoms with Crippen LogP contribution < -0.4 is 0 Å². The van der Waals surface area contributed by atoms with Crippen LogP contribution in [0.2, 0.25) is 0 Å². The van der Waals surface area contributed by atoms with E-state index in [1.807, 2.05) is 0 Å². The van der Waals surface area contributed by atoms with Crippen LogP contribution in [0.25, 0.3) is 0 Å². The van der Waals surface area contributed by atoms with Gasteiger partial charge in [-0.2, -0.15) is 0 Å². The molecule has 0 saturated heterocycles. The molecule has 0 bridgehead atoms. The van der Waals surface area contributed by atoms with Gasteiger partial charge in [0, 0.05) is 0 Å². The van der Waals surface area contributed by atoms with Gasteiger partial charge in [0.2, 0.25) is 0 Å². The number of hydrogen-bond donors (Lipinski definition) is 0. The Kier molecular flexibility index (Phi) is 40.5. The van der Waals surface area contributed by atoms with Gasteiger partial charge in [-0.3, -0.25) is 0 Å². The van der Waals surface area contributed by atoms with E-state index in [4.69, 9.17) is 61.3 Å². The summed E-state index contributed by atoms with van der Waals surface area (Å²) in [4.78, 5) is 33.0. The number of hydrogen-bond acceptors (Lipinski definition) is 12. The fourth-order valence-electron chi connectivity index (χ4n) is 0. The molecule has 96 valence electrons. The van der Waals surface area contributed by atoms with Crippen LogP contribution in [0.4, 0.5) is 0 Å². The average molecular weight is 427 g/mol. The fourth-order valence-corrected chi connectivity index (χ4v) is 0. The van der Waals surface area contributed by atoms with Gasteiger partial charge in [-0.1, -0.05) is 0 Å². The first-order chi connectivity index (χ1) is 6.93. The summed E-state index contributed by atoms with van der Waals surface area (Å²) in [6, 6.07) is 0. The van der Waals surface area contributed by atoms with Crippen molar-refractivity contribution in [1.29, 1.82) is 0 Å². The van der Waals surface area contributed by atoms with Gasteiger partial charge in [-0.05, 0) is 0 Å². The molecule has 0 unspecified atom stereocenters. The minimum atomic E-state index is -1.75. The third-order valence-corrected chi connectivity index (χ3v) is 0. The molecule has 17 heavy (non-hydrogen) atoms. The van der Waals surface area contributed by atoms with Gasteiger partial charge in [-0.25, -0.2) is 0 Å². The molecule has 0 aromatic heterocycles. The number of nitrogens with zero attached hydrogens (tertiary/aromatic N) is 4. The van der Waals surface area contributed by atoms with E-state index in [0.29, 0.717) is 0 Å². The summed E-state index contributed by atoms with van der Waals surface area (Å²) in [7, 11) is 0. The predicted molar refractivity (Wildman–Crippen MR) is 41.4 cm³/mol. The van der Waals surface area contributed by atoms with Gasteiger partial charge in [-0.15, -0.1) is 0 Å². The van der Waals surface area contributed by atoms with Gasteiger partial charge in [0.1, 0.15) is 0 Å². The first-order valence-corrected chi connectivity index (χ1v) is 2.19. The molecular formula is HfN4O12. The summed E-state index contributed by atoms with van der Waals surface area (Å²) in [5, 5.41) is 59.0. The molecule has 0 aliphatic carbocycles. The SMILES string of the molecule is O=[N+]([O-])[O-].O=[N+]([O-])[O-].O=[N+]([O-])[O-].O=[N+]([O-])[O-].[Hf+4]. The quantitative estimate of drug-likeness (QED) is 0.257. The van der Waals surface area contributed by atoms with Gasteiger partial charge in [0.15, 0.2) is 0 Å². The van der Waals surface area contributed by atoms with Crippen LogP contribution in [0.15, 0.2) is 0 Å². The Morgan fingerprint density at radius 2 is 0.412 bits per heavy atom. The van der Waals surface area contributed by atoms with Crippen molar-refractivity contribution in [2.75, 3.05) is 0 Å². The molecule has 0 aromatic carbocycles. The van der Waals surface area contributed by atoms with E-state index < -0.39 is 20.3 Å². The topological polar surface area (TPSA) is 265 Å². The minimum absolute atomic E-state index is 0. The average Bonchev–Trinajstić information content (AvgIpc) is 1.76. The van der Waals surface area contributed by atoms with Crippen molar-refractivity contribution >= 4 is 0 Å². The second-order valence-corrected chi connectivity index (χ2v) is 0.894. The van der Waals surface area contributed by atoms with E-state index in [1.165, 1.54) is 0 Å². The Bertz CT molecular complexity index is 159. The zero-order chi connectivity index (χ0) is 14.3. The third kappa shape index (κ3) is 343. The molecule has 0 spiro atoms. The first-order valence-electron chi connectivity index (χ1n) is 2.19. The molecule has 0 aliphatic heterocycles. The van der Waals surface area contributed by atoms with E-state index >= 15 is 0 Å². The van der Waals surface area contributed by atoms with Crippen molar-refractivity contribution in [2.24, 2.45) is 0 Å². The molecular weight excluding hydrogens is 427 g/mol. The van der Waals surface area contributed by atoms with Gasteiger partial charge in [0.25, 0.3) is 0 Å². The first kappa shape index (κ1) is 29.3. The number of rotatable bonds is 0. The normalized spacial score (nSPS) is 5.65. The van der Waals surface area contributed by atoms with Crippen molar-refractivity contribution in [2.45, 2.75) is 0 Å². The maximum atomic E-state index is 8.25. The maximum Gasteiger partial charge on any atom is 4.00 e. The van der Waals surface area contributed by atoms with E-state index in [0.717, 1.165) is 0 Å². The van der Waals surface area contributed by atoms with Crippen LogP contribution in [0.5, 0.6) is 0 Å². The zero-order valence-electron chi connectivity index (χ0n) is 7.19. The van der Waals surface area contributed by atoms with E-state index in [2.05, 4.69) is 0 Å². The van der Waals surface area contributed by atoms with E-state index in [9.17, 15) is 0 Å². The second kappa shape index (κ2) is 23.5. The van der Waals surface area contributed by atoms with Crippen LogP contribution in [0.1, 0.15) is 0 Å². The smallest absolute Gasteiger partial charge is 0.356 e. The summed E-state index contributed by atoms with van der Waals surface area (Å²) < 4.78 is 0. The van der Waals surface area contributed by atoms with Crippen molar-refractivity contribution in [3.05, 3.63) is 61.3 Å². The van der Waals surface area contributed by atoms with Crippen molar-refractivity contribution in [3.8, 4) is 0 Å². The zero-order valence-corrected chi connectivity index (χ0v) is 10.8. The van der Waals surface area contributed by atoms with Crippen molar-refractivity contribution in [1.82, 2.24) is 0 Å². The van der Waals surface area contributed by atoms with E-state index in [-0.39, 0.29) is 25.8 Å². The molecule has 0 aromatic rings. The molecule has 17 heteroatoms. The summed E-state index contributed by atoms with van der Waals surface area (Å²) in [5.41, 5.74) is 0. The van der Waals surface area contributed by atoms with Gasteiger partial charge in [0.05, 0.1) is 20.3 Å². The van der Waals surface area contributed by atoms with Crippen LogP contribution in [0, 0.1) is 61.3 Å². The summed E-state index contributed by atoms with van der Waals surface area (Å²) >= 11 is 0. The van der Waals surface area contributed by atoms with Crippen molar-refractivity contribution < 1.29 is 46.2 Å². The second-order valence-electron chi connectivity index (χ2n) is 0.894. The summed E-state index contributed by atoms with van der Waals surface area (Å²) in [6.45, 7) is 0. The molecule has 0 fully saturated rings. The van der Waals surface area contributed by atoms with Crippen LogP contribution in [-0.2, 0) is 25.8 Å². The third-order valence-electron chi connectivity index (χ3n) is 0. The largest absolute Gasteiger partial charge is 4.00 e. The molecule has 16 nitrogen and oxygen atoms in total. The Morgan fingerprint density at radius 1 is 0.412 bits per heavy atom. The van der Waals surface area contributed by atoms with Gasteiger partial charge < -0.3 is 61.3 Å². The van der Waals surface area contributed by atoms with Crippen molar-refractivity contribution in [3.63, 3.8) is 0 Å². The predicted octanol–water partition coefficient (Wildman–Crippen LogP) is -0.959. The van der Waals surface area contributed by atoms with E-state index in [1.54, 1.807) is 0 Å². The standard InChI is InChI=1S/Hf.4NO3/c;4*2-1(3)4/q+4;4*-1. The molecule has 0 saturated carbocycles.